The van der Waals surface area contributed by atoms with Crippen LogP contribution in [0.5, 0.6) is 0 Å². The fraction of sp³-hybridized carbons (Fsp3) is 0.538. The molecule has 2 aromatic heterocycles. The molecule has 1 fully saturated rings. The van der Waals surface area contributed by atoms with Crippen molar-refractivity contribution in [2.24, 2.45) is 5.92 Å². The average Bonchev–Trinajstić information content (AvgIpc) is 3.03. The molecule has 0 bridgehead atoms. The fourth-order valence-corrected chi connectivity index (χ4v) is 2.99. The van der Waals surface area contributed by atoms with E-state index in [-0.39, 0.29) is 0 Å². The van der Waals surface area contributed by atoms with Crippen LogP contribution in [-0.2, 0) is 6.54 Å². The number of fused-ring (bicyclic) bond motifs is 1. The van der Waals surface area contributed by atoms with Crippen LogP contribution in [0.25, 0.3) is 10.2 Å². The highest BCUT2D eigenvalue weighted by Crippen LogP contribution is 2.30. The lowest BCUT2D eigenvalue weighted by molar-refractivity contribution is 0.306. The van der Waals surface area contributed by atoms with E-state index < -0.39 is 0 Å². The van der Waals surface area contributed by atoms with Gasteiger partial charge in [0.05, 0.1) is 11.9 Å². The van der Waals surface area contributed by atoms with Gasteiger partial charge in [0.15, 0.2) is 0 Å². The summed E-state index contributed by atoms with van der Waals surface area (Å²) >= 11 is 1.67. The lowest BCUT2D eigenvalue weighted by Crippen LogP contribution is -2.22. The van der Waals surface area contributed by atoms with E-state index in [2.05, 4.69) is 38.7 Å². The average molecular weight is 262 g/mol. The predicted molar refractivity (Wildman–Crippen MR) is 76.0 cm³/mol. The fourth-order valence-electron chi connectivity index (χ4n) is 2.21. The molecule has 0 atom stereocenters. The first kappa shape index (κ1) is 11.9. The lowest BCUT2D eigenvalue weighted by atomic mass is 10.3. The molecule has 3 rings (SSSR count). The predicted octanol–water partition coefficient (Wildman–Crippen LogP) is 2.57. The molecule has 2 aromatic rings. The Labute approximate surface area is 111 Å². The molecule has 0 unspecified atom stereocenters. The summed E-state index contributed by atoms with van der Waals surface area (Å²) in [5, 5.41) is 6.35. The summed E-state index contributed by atoms with van der Waals surface area (Å²) < 4.78 is 0. The molecule has 0 saturated heterocycles. The summed E-state index contributed by atoms with van der Waals surface area (Å²) in [4.78, 5) is 12.6. The van der Waals surface area contributed by atoms with E-state index in [4.69, 9.17) is 0 Å². The first-order valence-electron chi connectivity index (χ1n) is 6.36. The van der Waals surface area contributed by atoms with E-state index in [1.165, 1.54) is 19.4 Å². The van der Waals surface area contributed by atoms with Crippen molar-refractivity contribution < 1.29 is 0 Å². The third-order valence-electron chi connectivity index (χ3n) is 3.29. The van der Waals surface area contributed by atoms with Gasteiger partial charge in [0.1, 0.15) is 16.5 Å². The smallest absolute Gasteiger partial charge is 0.146 e. The number of hydrogen-bond donors (Lipinski definition) is 1. The molecule has 0 spiro atoms. The second kappa shape index (κ2) is 4.82. The van der Waals surface area contributed by atoms with Gasteiger partial charge < -0.3 is 5.32 Å². The molecule has 0 amide bonds. The topological polar surface area (TPSA) is 41.1 Å². The Bertz CT molecular complexity index is 547. The standard InChI is InChI=1S/C13H18N4S/c1-14-12-10-5-6-18-13(10)16-11(15-12)8-17(2)7-9-3-4-9/h5-6,9H,3-4,7-8H2,1-2H3,(H,14,15,16). The highest BCUT2D eigenvalue weighted by atomic mass is 32.1. The third kappa shape index (κ3) is 2.47. The van der Waals surface area contributed by atoms with Gasteiger partial charge in [-0.05, 0) is 37.3 Å². The van der Waals surface area contributed by atoms with E-state index >= 15 is 0 Å². The largest absolute Gasteiger partial charge is 0.372 e. The van der Waals surface area contributed by atoms with Gasteiger partial charge in [0.25, 0.3) is 0 Å². The molecule has 1 N–H and O–H groups in total. The number of anilines is 1. The molecule has 4 nitrogen and oxygen atoms in total. The first-order valence-corrected chi connectivity index (χ1v) is 7.24. The van der Waals surface area contributed by atoms with Crippen LogP contribution >= 0.6 is 11.3 Å². The van der Waals surface area contributed by atoms with Crippen LogP contribution in [0.15, 0.2) is 11.4 Å². The number of aromatic nitrogens is 2. The Balaban J connectivity index is 1.81. The van der Waals surface area contributed by atoms with Crippen molar-refractivity contribution in [3.05, 3.63) is 17.3 Å². The van der Waals surface area contributed by atoms with Crippen molar-refractivity contribution >= 4 is 27.4 Å². The lowest BCUT2D eigenvalue weighted by Gasteiger charge is -2.15. The van der Waals surface area contributed by atoms with Crippen molar-refractivity contribution in [2.75, 3.05) is 26.0 Å². The molecular formula is C13H18N4S. The summed E-state index contributed by atoms with van der Waals surface area (Å²) in [7, 11) is 4.07. The Morgan fingerprint density at radius 2 is 2.28 bits per heavy atom. The number of nitrogens with zero attached hydrogens (tertiary/aromatic N) is 3. The summed E-state index contributed by atoms with van der Waals surface area (Å²) in [5.74, 6) is 2.76. The van der Waals surface area contributed by atoms with Gasteiger partial charge in [-0.3, -0.25) is 4.90 Å². The van der Waals surface area contributed by atoms with Crippen molar-refractivity contribution in [3.8, 4) is 0 Å². The van der Waals surface area contributed by atoms with Crippen LogP contribution in [0.1, 0.15) is 18.7 Å². The summed E-state index contributed by atoms with van der Waals surface area (Å²) in [6.45, 7) is 2.00. The molecule has 1 saturated carbocycles. The van der Waals surface area contributed by atoms with Gasteiger partial charge in [-0.1, -0.05) is 0 Å². The van der Waals surface area contributed by atoms with Crippen LogP contribution in [0.2, 0.25) is 0 Å². The molecule has 0 aromatic carbocycles. The Morgan fingerprint density at radius 1 is 1.44 bits per heavy atom. The maximum Gasteiger partial charge on any atom is 0.146 e. The minimum absolute atomic E-state index is 0.832. The molecule has 5 heteroatoms. The highest BCUT2D eigenvalue weighted by Gasteiger charge is 2.23. The van der Waals surface area contributed by atoms with Gasteiger partial charge in [0, 0.05) is 13.6 Å². The van der Waals surface area contributed by atoms with Gasteiger partial charge >= 0.3 is 0 Å². The minimum Gasteiger partial charge on any atom is -0.372 e. The molecule has 1 aliphatic rings. The number of rotatable bonds is 5. The molecular weight excluding hydrogens is 244 g/mol. The summed E-state index contributed by atoms with van der Waals surface area (Å²) in [5.41, 5.74) is 0. The van der Waals surface area contributed by atoms with Crippen molar-refractivity contribution in [3.63, 3.8) is 0 Å². The van der Waals surface area contributed by atoms with Crippen LogP contribution < -0.4 is 5.32 Å². The number of nitrogens with one attached hydrogen (secondary N) is 1. The second-order valence-electron chi connectivity index (χ2n) is 5.02. The molecule has 2 heterocycles. The third-order valence-corrected chi connectivity index (χ3v) is 4.09. The van der Waals surface area contributed by atoms with Crippen LogP contribution in [-0.4, -0.2) is 35.5 Å². The Kier molecular flexibility index (Phi) is 3.18. The maximum atomic E-state index is 4.64. The SMILES string of the molecule is CNc1nc(CN(C)CC2CC2)nc2sccc12. The summed E-state index contributed by atoms with van der Waals surface area (Å²) in [6.07, 6.45) is 2.77. The zero-order valence-corrected chi connectivity index (χ0v) is 11.6. The summed E-state index contributed by atoms with van der Waals surface area (Å²) in [6, 6.07) is 2.07. The normalized spacial score (nSPS) is 15.5. The van der Waals surface area contributed by atoms with Crippen molar-refractivity contribution in [1.82, 2.24) is 14.9 Å². The molecule has 18 heavy (non-hydrogen) atoms. The van der Waals surface area contributed by atoms with Gasteiger partial charge in [-0.15, -0.1) is 11.3 Å². The maximum absolute atomic E-state index is 4.64. The molecule has 0 aliphatic heterocycles. The van der Waals surface area contributed by atoms with E-state index in [0.29, 0.717) is 0 Å². The zero-order valence-electron chi connectivity index (χ0n) is 10.8. The van der Waals surface area contributed by atoms with Gasteiger partial charge in [-0.25, -0.2) is 9.97 Å². The zero-order chi connectivity index (χ0) is 12.5. The Morgan fingerprint density at radius 3 is 3.00 bits per heavy atom. The second-order valence-corrected chi connectivity index (χ2v) is 5.91. The monoisotopic (exact) mass is 262 g/mol. The van der Waals surface area contributed by atoms with Gasteiger partial charge in [0.2, 0.25) is 0 Å². The van der Waals surface area contributed by atoms with Crippen LogP contribution in [0.4, 0.5) is 5.82 Å². The van der Waals surface area contributed by atoms with E-state index in [1.807, 2.05) is 7.05 Å². The molecule has 96 valence electrons. The number of hydrogen-bond acceptors (Lipinski definition) is 5. The quantitative estimate of drug-likeness (QED) is 0.899. The van der Waals surface area contributed by atoms with Crippen LogP contribution in [0.3, 0.4) is 0 Å². The Hall–Kier alpha value is -1.20. The number of thiophene rings is 1. The minimum atomic E-state index is 0.832. The highest BCUT2D eigenvalue weighted by molar-refractivity contribution is 7.16. The molecule has 1 aliphatic carbocycles. The van der Waals surface area contributed by atoms with Crippen molar-refractivity contribution in [1.29, 1.82) is 0 Å². The van der Waals surface area contributed by atoms with E-state index in [1.54, 1.807) is 11.3 Å². The van der Waals surface area contributed by atoms with E-state index in [9.17, 15) is 0 Å². The van der Waals surface area contributed by atoms with E-state index in [0.717, 1.165) is 34.3 Å². The molecule has 0 radical (unpaired) electrons. The van der Waals surface area contributed by atoms with Crippen LogP contribution in [0, 0.1) is 5.92 Å². The van der Waals surface area contributed by atoms with Gasteiger partial charge in [-0.2, -0.15) is 0 Å². The van der Waals surface area contributed by atoms with Crippen molar-refractivity contribution in [2.45, 2.75) is 19.4 Å². The first-order chi connectivity index (χ1) is 8.76.